The molecule has 0 aliphatic rings. The quantitative estimate of drug-likeness (QED) is 0.0222. The van der Waals surface area contributed by atoms with E-state index in [1.54, 1.807) is 0 Å². The van der Waals surface area contributed by atoms with Crippen molar-refractivity contribution in [2.75, 3.05) is 39.6 Å². The van der Waals surface area contributed by atoms with E-state index in [4.69, 9.17) is 37.0 Å². The molecule has 0 fully saturated rings. The van der Waals surface area contributed by atoms with Crippen LogP contribution in [0.1, 0.15) is 401 Å². The number of carbonyl (C=O) groups excluding carboxylic acids is 4. The number of ether oxygens (including phenoxy) is 4. The number of phosphoric ester groups is 2. The molecule has 0 bridgehead atoms. The summed E-state index contributed by atoms with van der Waals surface area (Å²) < 4.78 is 68.5. The number of aliphatic hydroxyl groups excluding tert-OH is 1. The van der Waals surface area contributed by atoms with Crippen LogP contribution in [0.25, 0.3) is 0 Å². The second kappa shape index (κ2) is 68.8. The Balaban J connectivity index is 5.20. The normalized spacial score (nSPS) is 14.0. The van der Waals surface area contributed by atoms with Gasteiger partial charge in [0.2, 0.25) is 0 Å². The Morgan fingerprint density at radius 2 is 0.479 bits per heavy atom. The Morgan fingerprint density at radius 1 is 0.281 bits per heavy atom. The van der Waals surface area contributed by atoms with E-state index in [0.717, 1.165) is 102 Å². The molecule has 0 aliphatic carbocycles. The first-order chi connectivity index (χ1) is 46.4. The molecule has 3 N–H and O–H groups in total. The minimum Gasteiger partial charge on any atom is -0.462 e. The third kappa shape index (κ3) is 70.5. The molecule has 0 saturated heterocycles. The van der Waals surface area contributed by atoms with Gasteiger partial charge < -0.3 is 33.8 Å². The van der Waals surface area contributed by atoms with Crippen molar-refractivity contribution in [1.82, 2.24) is 0 Å². The van der Waals surface area contributed by atoms with Gasteiger partial charge in [0.05, 0.1) is 26.4 Å². The monoisotopic (exact) mass is 1410 g/mol. The molecule has 0 aromatic rings. The highest BCUT2D eigenvalue weighted by atomic mass is 31.2. The molecule has 0 saturated carbocycles. The van der Waals surface area contributed by atoms with E-state index in [0.29, 0.717) is 31.6 Å². The highest BCUT2D eigenvalue weighted by Gasteiger charge is 2.30. The number of hydrogen-bond acceptors (Lipinski definition) is 15. The minimum atomic E-state index is -4.96. The molecule has 2 unspecified atom stereocenters. The lowest BCUT2D eigenvalue weighted by atomic mass is 10.0. The average molecular weight is 1410 g/mol. The summed E-state index contributed by atoms with van der Waals surface area (Å²) in [5.74, 6) is -0.646. The Bertz CT molecular complexity index is 1860. The summed E-state index contributed by atoms with van der Waals surface area (Å²) >= 11 is 0. The topological polar surface area (TPSA) is 237 Å². The van der Waals surface area contributed by atoms with Gasteiger partial charge in [-0.15, -0.1) is 0 Å². The van der Waals surface area contributed by atoms with Crippen LogP contribution in [0, 0.1) is 11.8 Å². The summed E-state index contributed by atoms with van der Waals surface area (Å²) in [7, 11) is -9.91. The second-order valence-corrected chi connectivity index (χ2v) is 31.6. The molecule has 0 aromatic carbocycles. The van der Waals surface area contributed by atoms with Gasteiger partial charge >= 0.3 is 39.5 Å². The largest absolute Gasteiger partial charge is 0.472 e. The molecule has 0 spiro atoms. The van der Waals surface area contributed by atoms with Crippen molar-refractivity contribution in [1.29, 1.82) is 0 Å². The maximum absolute atomic E-state index is 13.1. The molecule has 0 amide bonds. The van der Waals surface area contributed by atoms with Crippen LogP contribution in [0.4, 0.5) is 0 Å². The molecule has 5 atom stereocenters. The number of aliphatic hydroxyl groups is 1. The SMILES string of the molecule is CCCCCCCCCCCCCCCCCCCCCCC(=O)O[C@H](COC(=O)CCCCCCCCCCCCCCCC(C)C)COP(=O)(O)OC[C@@H](O)COP(=O)(O)OC[C@@H](COC(=O)CCCCCCCCC(C)C)OC(=O)CCCCCCCCCCCCC. The first kappa shape index (κ1) is 94.1. The fraction of sp³-hybridized carbons (Fsp3) is 0.948. The highest BCUT2D eigenvalue weighted by molar-refractivity contribution is 7.47. The van der Waals surface area contributed by atoms with E-state index in [9.17, 15) is 43.2 Å². The summed E-state index contributed by atoms with van der Waals surface area (Å²) in [6.07, 6.45) is 57.1. The van der Waals surface area contributed by atoms with Gasteiger partial charge in [-0.1, -0.05) is 350 Å². The van der Waals surface area contributed by atoms with Gasteiger partial charge in [-0.05, 0) is 37.5 Å². The second-order valence-electron chi connectivity index (χ2n) is 28.7. The van der Waals surface area contributed by atoms with Crippen LogP contribution in [-0.2, 0) is 65.4 Å². The molecule has 0 heterocycles. The van der Waals surface area contributed by atoms with Gasteiger partial charge in [0, 0.05) is 25.7 Å². The van der Waals surface area contributed by atoms with Crippen LogP contribution in [0.5, 0.6) is 0 Å². The van der Waals surface area contributed by atoms with Crippen molar-refractivity contribution in [3.8, 4) is 0 Å². The number of carbonyl (C=O) groups is 4. The molecule has 17 nitrogen and oxygen atoms in total. The van der Waals surface area contributed by atoms with Crippen molar-refractivity contribution in [3.05, 3.63) is 0 Å². The predicted octanol–water partition coefficient (Wildman–Crippen LogP) is 22.7. The molecule has 96 heavy (non-hydrogen) atoms. The summed E-state index contributed by atoms with van der Waals surface area (Å²) in [6.45, 7) is 9.53. The van der Waals surface area contributed by atoms with Crippen LogP contribution in [0.3, 0.4) is 0 Å². The fourth-order valence-electron chi connectivity index (χ4n) is 11.8. The van der Waals surface area contributed by atoms with Crippen LogP contribution in [-0.4, -0.2) is 96.7 Å². The molecule has 0 rings (SSSR count). The number of unbranched alkanes of at least 4 members (excludes halogenated alkanes) is 46. The lowest BCUT2D eigenvalue weighted by Gasteiger charge is -2.21. The Hall–Kier alpha value is -1.94. The Morgan fingerprint density at radius 3 is 0.708 bits per heavy atom. The van der Waals surface area contributed by atoms with Crippen LogP contribution < -0.4 is 0 Å². The van der Waals surface area contributed by atoms with Crippen molar-refractivity contribution < 1.29 is 80.2 Å². The van der Waals surface area contributed by atoms with Crippen molar-refractivity contribution >= 4 is 39.5 Å². The predicted molar refractivity (Wildman–Crippen MR) is 391 cm³/mol. The zero-order chi connectivity index (χ0) is 70.7. The van der Waals surface area contributed by atoms with Gasteiger partial charge in [-0.3, -0.25) is 37.3 Å². The summed E-state index contributed by atoms with van der Waals surface area (Å²) in [6, 6.07) is 0. The molecular formula is C77H150O17P2. The Kier molecular flexibility index (Phi) is 67.4. The summed E-state index contributed by atoms with van der Waals surface area (Å²) in [4.78, 5) is 72.8. The van der Waals surface area contributed by atoms with E-state index < -0.39 is 97.5 Å². The first-order valence-electron chi connectivity index (χ1n) is 40.0. The van der Waals surface area contributed by atoms with Crippen LogP contribution in [0.2, 0.25) is 0 Å². The van der Waals surface area contributed by atoms with Gasteiger partial charge in [-0.2, -0.15) is 0 Å². The number of hydrogen-bond donors (Lipinski definition) is 3. The van der Waals surface area contributed by atoms with Crippen molar-refractivity contribution in [2.45, 2.75) is 419 Å². The molecular weight excluding hydrogens is 1260 g/mol. The van der Waals surface area contributed by atoms with Crippen LogP contribution >= 0.6 is 15.6 Å². The van der Waals surface area contributed by atoms with Gasteiger partial charge in [0.1, 0.15) is 19.3 Å². The average Bonchev–Trinajstić information content (AvgIpc) is 1.22. The zero-order valence-electron chi connectivity index (χ0n) is 62.7. The third-order valence-corrected chi connectivity index (χ3v) is 19.9. The standard InChI is InChI=1S/C77H150O17P2/c1-7-9-11-13-15-17-19-20-21-22-23-24-25-26-29-34-38-42-50-56-62-77(82)93-72(65-87-74(79)59-53-47-40-36-33-30-27-28-32-35-39-45-51-57-69(3)4)67-91-95(83,84)89-63-71(78)64-90-96(85,86)92-68-73(66-88-75(80)60-54-48-44-43-46-52-58-70(5)6)94-76(81)61-55-49-41-37-31-18-16-14-12-10-8-2/h69-73,78H,7-68H2,1-6H3,(H,83,84)(H,85,86)/t71-,72-,73-/m1/s1. The van der Waals surface area contributed by atoms with E-state index in [1.165, 1.54) is 212 Å². The van der Waals surface area contributed by atoms with Gasteiger partial charge in [0.25, 0.3) is 0 Å². The lowest BCUT2D eigenvalue weighted by Crippen LogP contribution is -2.30. The zero-order valence-corrected chi connectivity index (χ0v) is 64.5. The first-order valence-corrected chi connectivity index (χ1v) is 43.0. The maximum atomic E-state index is 13.1. The Labute approximate surface area is 588 Å². The van der Waals surface area contributed by atoms with Gasteiger partial charge in [-0.25, -0.2) is 9.13 Å². The maximum Gasteiger partial charge on any atom is 0.472 e. The van der Waals surface area contributed by atoms with E-state index in [-0.39, 0.29) is 25.7 Å². The molecule has 19 heteroatoms. The smallest absolute Gasteiger partial charge is 0.462 e. The molecule has 570 valence electrons. The fourth-order valence-corrected chi connectivity index (χ4v) is 13.4. The number of rotatable bonds is 76. The number of esters is 4. The molecule has 0 aromatic heterocycles. The van der Waals surface area contributed by atoms with E-state index in [1.807, 2.05) is 0 Å². The van der Waals surface area contributed by atoms with Gasteiger partial charge in [0.15, 0.2) is 12.2 Å². The van der Waals surface area contributed by atoms with Crippen molar-refractivity contribution in [2.24, 2.45) is 11.8 Å². The number of phosphoric acid groups is 2. The lowest BCUT2D eigenvalue weighted by molar-refractivity contribution is -0.161. The van der Waals surface area contributed by atoms with E-state index >= 15 is 0 Å². The summed E-state index contributed by atoms with van der Waals surface area (Å²) in [5.41, 5.74) is 0. The molecule has 0 aliphatic heterocycles. The third-order valence-electron chi connectivity index (χ3n) is 18.0. The van der Waals surface area contributed by atoms with E-state index in [2.05, 4.69) is 41.5 Å². The van der Waals surface area contributed by atoms with Crippen LogP contribution in [0.15, 0.2) is 0 Å². The molecule has 0 radical (unpaired) electrons. The minimum absolute atomic E-state index is 0.106. The van der Waals surface area contributed by atoms with Crippen molar-refractivity contribution in [3.63, 3.8) is 0 Å². The highest BCUT2D eigenvalue weighted by Crippen LogP contribution is 2.45. The summed E-state index contributed by atoms with van der Waals surface area (Å²) in [5, 5.41) is 10.6.